The largest absolute Gasteiger partial charge is 0.480 e. The second-order valence-electron chi connectivity index (χ2n) is 5.22. The third kappa shape index (κ3) is 3.33. The molecule has 2 atom stereocenters. The van der Waals surface area contributed by atoms with E-state index in [-0.39, 0.29) is 12.3 Å². The Morgan fingerprint density at radius 3 is 2.64 bits per heavy atom. The Balaban J connectivity index is 2.22. The van der Waals surface area contributed by atoms with Crippen LogP contribution in [0.2, 0.25) is 0 Å². The van der Waals surface area contributed by atoms with Crippen LogP contribution in [0, 0.1) is 0 Å². The van der Waals surface area contributed by atoms with Gasteiger partial charge in [-0.25, -0.2) is 0 Å². The third-order valence-corrected chi connectivity index (χ3v) is 3.60. The van der Waals surface area contributed by atoms with Gasteiger partial charge in [0.25, 0.3) is 0 Å². The summed E-state index contributed by atoms with van der Waals surface area (Å²) >= 11 is 0. The minimum absolute atomic E-state index is 0.0125. The van der Waals surface area contributed by atoms with Crippen molar-refractivity contribution in [3.8, 4) is 0 Å². The summed E-state index contributed by atoms with van der Waals surface area (Å²) in [5, 5.41) is 11.3. The summed E-state index contributed by atoms with van der Waals surface area (Å²) < 4.78 is 0. The molecule has 0 fully saturated rings. The van der Waals surface area contributed by atoms with Gasteiger partial charge in [-0.2, -0.15) is 0 Å². The summed E-state index contributed by atoms with van der Waals surface area (Å²) in [5.41, 5.74) is 1.82. The lowest BCUT2D eigenvalue weighted by atomic mass is 9.93. The van der Waals surface area contributed by atoms with E-state index in [0.29, 0.717) is 0 Å². The summed E-state index contributed by atoms with van der Waals surface area (Å²) in [5.74, 6) is -1.67. The number of aliphatic carboxylic acids is 1. The number of benzene rings is 1. The van der Waals surface area contributed by atoms with Crippen LogP contribution in [0.25, 0.3) is 6.08 Å². The van der Waals surface area contributed by atoms with Crippen LogP contribution < -0.4 is 5.32 Å². The van der Waals surface area contributed by atoms with Crippen molar-refractivity contribution in [2.75, 3.05) is 0 Å². The smallest absolute Gasteiger partial charge is 0.325 e. The predicted molar refractivity (Wildman–Crippen MR) is 80.6 cm³/mol. The first-order valence-corrected chi connectivity index (χ1v) is 6.98. The maximum absolute atomic E-state index is 12.1. The molecular formula is C16H18N2O4. The van der Waals surface area contributed by atoms with Crippen LogP contribution >= 0.6 is 0 Å². The number of hydrogen-bond donors (Lipinski definition) is 2. The lowest BCUT2D eigenvalue weighted by molar-refractivity contribution is -0.141. The van der Waals surface area contributed by atoms with Crippen molar-refractivity contribution in [2.45, 2.75) is 32.4 Å². The minimum atomic E-state index is -1.10. The standard InChI is InChI=1S/C16H18N2O4/c1-10(16(21)22)17-15(20)9-14-13-6-4-3-5-12(13)7-8-18(14)11(2)19/h3-8,10,14H,9H2,1-2H3,(H,17,20)(H,21,22). The Morgan fingerprint density at radius 2 is 2.00 bits per heavy atom. The lowest BCUT2D eigenvalue weighted by Crippen LogP contribution is -2.41. The molecule has 0 spiro atoms. The SMILES string of the molecule is CC(=O)N1C=Cc2ccccc2C1CC(=O)NC(C)C(=O)O. The van der Waals surface area contributed by atoms with E-state index < -0.39 is 24.0 Å². The van der Waals surface area contributed by atoms with Crippen molar-refractivity contribution in [1.82, 2.24) is 10.2 Å². The van der Waals surface area contributed by atoms with Crippen LogP contribution in [0.4, 0.5) is 0 Å². The topological polar surface area (TPSA) is 86.7 Å². The van der Waals surface area contributed by atoms with Crippen molar-refractivity contribution in [3.05, 3.63) is 41.6 Å². The number of carboxylic acid groups (broad SMARTS) is 1. The van der Waals surface area contributed by atoms with E-state index in [1.165, 1.54) is 18.7 Å². The molecule has 0 aromatic heterocycles. The van der Waals surface area contributed by atoms with Gasteiger partial charge in [-0.1, -0.05) is 24.3 Å². The average Bonchev–Trinajstić information content (AvgIpc) is 2.46. The molecule has 1 aromatic carbocycles. The lowest BCUT2D eigenvalue weighted by Gasteiger charge is -2.32. The van der Waals surface area contributed by atoms with E-state index in [1.54, 1.807) is 6.20 Å². The van der Waals surface area contributed by atoms with E-state index in [2.05, 4.69) is 5.32 Å². The van der Waals surface area contributed by atoms with E-state index in [0.717, 1.165) is 11.1 Å². The van der Waals surface area contributed by atoms with E-state index >= 15 is 0 Å². The molecule has 2 unspecified atom stereocenters. The molecule has 6 heteroatoms. The minimum Gasteiger partial charge on any atom is -0.480 e. The van der Waals surface area contributed by atoms with Gasteiger partial charge in [0.2, 0.25) is 11.8 Å². The van der Waals surface area contributed by atoms with Crippen LogP contribution in [0.1, 0.15) is 37.4 Å². The van der Waals surface area contributed by atoms with E-state index in [4.69, 9.17) is 5.11 Å². The number of carbonyl (C=O) groups is 3. The molecule has 2 rings (SSSR count). The van der Waals surface area contributed by atoms with Crippen molar-refractivity contribution in [2.24, 2.45) is 0 Å². The molecule has 1 aliphatic heterocycles. The Hall–Kier alpha value is -2.63. The highest BCUT2D eigenvalue weighted by Crippen LogP contribution is 2.32. The Kier molecular flexibility index (Phi) is 4.60. The average molecular weight is 302 g/mol. The highest BCUT2D eigenvalue weighted by atomic mass is 16.4. The fourth-order valence-corrected chi connectivity index (χ4v) is 2.45. The second-order valence-corrected chi connectivity index (χ2v) is 5.22. The molecule has 0 aliphatic carbocycles. The van der Waals surface area contributed by atoms with Crippen LogP contribution in [-0.4, -0.2) is 33.8 Å². The molecule has 1 heterocycles. The predicted octanol–water partition coefficient (Wildman–Crippen LogP) is 1.54. The quantitative estimate of drug-likeness (QED) is 0.883. The molecule has 0 saturated heterocycles. The molecule has 116 valence electrons. The maximum atomic E-state index is 12.1. The molecule has 1 aromatic rings. The number of nitrogens with one attached hydrogen (secondary N) is 1. The van der Waals surface area contributed by atoms with Gasteiger partial charge in [-0.3, -0.25) is 14.4 Å². The summed E-state index contributed by atoms with van der Waals surface area (Å²) in [7, 11) is 0. The molecule has 6 nitrogen and oxygen atoms in total. The first-order chi connectivity index (χ1) is 10.4. The molecular weight excluding hydrogens is 284 g/mol. The fraction of sp³-hybridized carbons (Fsp3) is 0.312. The van der Waals surface area contributed by atoms with Crippen LogP contribution in [0.15, 0.2) is 30.5 Å². The van der Waals surface area contributed by atoms with Gasteiger partial charge < -0.3 is 15.3 Å². The third-order valence-electron chi connectivity index (χ3n) is 3.60. The van der Waals surface area contributed by atoms with Gasteiger partial charge in [0.15, 0.2) is 0 Å². The number of fused-ring (bicyclic) bond motifs is 1. The zero-order chi connectivity index (χ0) is 16.3. The number of amides is 2. The van der Waals surface area contributed by atoms with Crippen LogP contribution in [-0.2, 0) is 14.4 Å². The molecule has 0 radical (unpaired) electrons. The van der Waals surface area contributed by atoms with Gasteiger partial charge in [0.1, 0.15) is 6.04 Å². The van der Waals surface area contributed by atoms with Crippen molar-refractivity contribution in [3.63, 3.8) is 0 Å². The second kappa shape index (κ2) is 6.43. The number of hydrogen-bond acceptors (Lipinski definition) is 3. The summed E-state index contributed by atoms with van der Waals surface area (Å²) in [6.45, 7) is 2.83. The van der Waals surface area contributed by atoms with Crippen molar-refractivity contribution < 1.29 is 19.5 Å². The fourth-order valence-electron chi connectivity index (χ4n) is 2.45. The zero-order valence-electron chi connectivity index (χ0n) is 12.4. The molecule has 2 N–H and O–H groups in total. The Labute approximate surface area is 128 Å². The number of carbonyl (C=O) groups excluding carboxylic acids is 2. The summed E-state index contributed by atoms with van der Waals surface area (Å²) in [6.07, 6.45) is 3.49. The first kappa shape index (κ1) is 15.8. The van der Waals surface area contributed by atoms with Gasteiger partial charge in [-0.05, 0) is 24.1 Å². The summed E-state index contributed by atoms with van der Waals surface area (Å²) in [4.78, 5) is 36.1. The van der Waals surface area contributed by atoms with Crippen LogP contribution in [0.5, 0.6) is 0 Å². The van der Waals surface area contributed by atoms with Gasteiger partial charge in [-0.15, -0.1) is 0 Å². The van der Waals surface area contributed by atoms with Gasteiger partial charge in [0, 0.05) is 13.1 Å². The van der Waals surface area contributed by atoms with E-state index in [1.807, 2.05) is 30.3 Å². The normalized spacial score (nSPS) is 17.5. The van der Waals surface area contributed by atoms with Crippen molar-refractivity contribution in [1.29, 1.82) is 0 Å². The monoisotopic (exact) mass is 302 g/mol. The maximum Gasteiger partial charge on any atom is 0.325 e. The van der Waals surface area contributed by atoms with Crippen molar-refractivity contribution >= 4 is 23.9 Å². The Bertz CT molecular complexity index is 639. The number of rotatable bonds is 4. The van der Waals surface area contributed by atoms with Gasteiger partial charge >= 0.3 is 5.97 Å². The van der Waals surface area contributed by atoms with E-state index in [9.17, 15) is 14.4 Å². The molecule has 22 heavy (non-hydrogen) atoms. The molecule has 0 saturated carbocycles. The molecule has 2 amide bonds. The zero-order valence-corrected chi connectivity index (χ0v) is 12.4. The summed E-state index contributed by atoms with van der Waals surface area (Å²) in [6, 6.07) is 6.12. The first-order valence-electron chi connectivity index (χ1n) is 6.98. The van der Waals surface area contributed by atoms with Crippen LogP contribution in [0.3, 0.4) is 0 Å². The number of carboxylic acids is 1. The Morgan fingerprint density at radius 1 is 1.32 bits per heavy atom. The van der Waals surface area contributed by atoms with Gasteiger partial charge in [0.05, 0.1) is 12.5 Å². The highest BCUT2D eigenvalue weighted by molar-refractivity contribution is 5.85. The highest BCUT2D eigenvalue weighted by Gasteiger charge is 2.28. The molecule has 0 bridgehead atoms. The molecule has 1 aliphatic rings. The number of nitrogens with zero attached hydrogens (tertiary/aromatic N) is 1.